The number of aliphatic imine (C=N–C) groups is 1. The SMILES string of the molecule is C=C(/C=C(F)\C=C/C)CC1=CCC=NC=C1CO. The molecule has 96 valence electrons. The van der Waals surface area contributed by atoms with Crippen molar-refractivity contribution in [3.63, 3.8) is 0 Å². The number of rotatable bonds is 5. The second-order valence-electron chi connectivity index (χ2n) is 3.97. The van der Waals surface area contributed by atoms with Crippen LogP contribution in [-0.2, 0) is 0 Å². The molecule has 0 radical (unpaired) electrons. The fraction of sp³-hybridized carbons (Fsp3) is 0.267. The van der Waals surface area contributed by atoms with Gasteiger partial charge in [0.1, 0.15) is 5.83 Å². The second kappa shape index (κ2) is 7.56. The van der Waals surface area contributed by atoms with E-state index in [0.29, 0.717) is 18.4 Å². The first-order valence-corrected chi connectivity index (χ1v) is 5.86. The predicted molar refractivity (Wildman–Crippen MR) is 74.1 cm³/mol. The highest BCUT2D eigenvalue weighted by molar-refractivity contribution is 5.63. The summed E-state index contributed by atoms with van der Waals surface area (Å²) in [5.74, 6) is -0.317. The van der Waals surface area contributed by atoms with Crippen LogP contribution >= 0.6 is 0 Å². The lowest BCUT2D eigenvalue weighted by Crippen LogP contribution is -1.96. The Morgan fingerprint density at radius 3 is 3.00 bits per heavy atom. The Morgan fingerprint density at radius 1 is 1.56 bits per heavy atom. The van der Waals surface area contributed by atoms with Crippen molar-refractivity contribution in [3.05, 3.63) is 59.6 Å². The van der Waals surface area contributed by atoms with E-state index in [2.05, 4.69) is 11.6 Å². The van der Waals surface area contributed by atoms with Crippen LogP contribution in [0.1, 0.15) is 19.8 Å². The van der Waals surface area contributed by atoms with Crippen LogP contribution in [0, 0.1) is 0 Å². The molecule has 18 heavy (non-hydrogen) atoms. The highest BCUT2D eigenvalue weighted by Crippen LogP contribution is 2.22. The molecular formula is C15H18FNO. The minimum absolute atomic E-state index is 0.0719. The summed E-state index contributed by atoms with van der Waals surface area (Å²) in [6, 6.07) is 0. The van der Waals surface area contributed by atoms with Crippen LogP contribution in [0.2, 0.25) is 0 Å². The van der Waals surface area contributed by atoms with Gasteiger partial charge >= 0.3 is 0 Å². The number of nitrogens with zero attached hydrogens (tertiary/aromatic N) is 1. The Morgan fingerprint density at radius 2 is 2.33 bits per heavy atom. The topological polar surface area (TPSA) is 32.6 Å². The zero-order valence-corrected chi connectivity index (χ0v) is 10.6. The molecule has 0 amide bonds. The molecule has 0 saturated heterocycles. The van der Waals surface area contributed by atoms with Gasteiger partial charge in [0, 0.05) is 18.8 Å². The van der Waals surface area contributed by atoms with E-state index in [4.69, 9.17) is 0 Å². The molecule has 0 aliphatic carbocycles. The Bertz CT molecular complexity index is 453. The lowest BCUT2D eigenvalue weighted by Gasteiger charge is -2.08. The zero-order valence-electron chi connectivity index (χ0n) is 10.6. The van der Waals surface area contributed by atoms with Gasteiger partial charge in [-0.1, -0.05) is 18.7 Å². The van der Waals surface area contributed by atoms with E-state index in [0.717, 1.165) is 11.1 Å². The van der Waals surface area contributed by atoms with Crippen molar-refractivity contribution < 1.29 is 9.50 Å². The zero-order chi connectivity index (χ0) is 13.4. The van der Waals surface area contributed by atoms with Crippen LogP contribution in [0.25, 0.3) is 0 Å². The minimum Gasteiger partial charge on any atom is -0.392 e. The molecule has 0 aromatic carbocycles. The van der Waals surface area contributed by atoms with Crippen molar-refractivity contribution in [2.45, 2.75) is 19.8 Å². The average molecular weight is 247 g/mol. The number of aliphatic hydroxyl groups excluding tert-OH is 1. The maximum atomic E-state index is 13.3. The third-order valence-electron chi connectivity index (χ3n) is 2.47. The summed E-state index contributed by atoms with van der Waals surface area (Å²) in [4.78, 5) is 4.04. The Kier molecular flexibility index (Phi) is 6.01. The minimum atomic E-state index is -0.317. The van der Waals surface area contributed by atoms with Gasteiger partial charge in [0.25, 0.3) is 0 Å². The van der Waals surface area contributed by atoms with E-state index in [1.807, 2.05) is 6.08 Å². The van der Waals surface area contributed by atoms with Gasteiger partial charge in [-0.2, -0.15) is 0 Å². The maximum absolute atomic E-state index is 13.3. The van der Waals surface area contributed by atoms with E-state index in [-0.39, 0.29) is 12.4 Å². The predicted octanol–water partition coefficient (Wildman–Crippen LogP) is 3.64. The van der Waals surface area contributed by atoms with Crippen molar-refractivity contribution in [1.82, 2.24) is 0 Å². The van der Waals surface area contributed by atoms with Crippen molar-refractivity contribution in [2.75, 3.05) is 6.61 Å². The molecule has 0 fully saturated rings. The number of hydrogen-bond acceptors (Lipinski definition) is 2. The molecule has 3 heteroatoms. The number of allylic oxidation sites excluding steroid dienone is 6. The molecule has 0 unspecified atom stereocenters. The molecule has 0 spiro atoms. The number of hydrogen-bond donors (Lipinski definition) is 1. The number of halogens is 1. The number of aliphatic hydroxyl groups is 1. The molecule has 0 bridgehead atoms. The van der Waals surface area contributed by atoms with Gasteiger partial charge in [-0.05, 0) is 42.2 Å². The summed E-state index contributed by atoms with van der Waals surface area (Å²) in [7, 11) is 0. The summed E-state index contributed by atoms with van der Waals surface area (Å²) in [6.07, 6.45) is 11.0. The summed E-state index contributed by atoms with van der Waals surface area (Å²) < 4.78 is 13.3. The normalized spacial score (nSPS) is 16.5. The Labute approximate surface area is 107 Å². The first-order valence-electron chi connectivity index (χ1n) is 5.86. The molecule has 2 nitrogen and oxygen atoms in total. The van der Waals surface area contributed by atoms with Crippen molar-refractivity contribution in [3.8, 4) is 0 Å². The first-order chi connectivity index (χ1) is 8.67. The van der Waals surface area contributed by atoms with Crippen LogP contribution in [0.15, 0.2) is 64.6 Å². The van der Waals surface area contributed by atoms with Crippen LogP contribution in [0.3, 0.4) is 0 Å². The molecule has 1 N–H and O–H groups in total. The Hall–Kier alpha value is -1.74. The van der Waals surface area contributed by atoms with Gasteiger partial charge in [0.15, 0.2) is 0 Å². The molecule has 0 aromatic heterocycles. The Balaban J connectivity index is 2.75. The van der Waals surface area contributed by atoms with Gasteiger partial charge in [-0.3, -0.25) is 4.99 Å². The van der Waals surface area contributed by atoms with E-state index in [9.17, 15) is 9.50 Å². The lowest BCUT2D eigenvalue weighted by molar-refractivity contribution is 0.332. The van der Waals surface area contributed by atoms with Crippen LogP contribution in [0.4, 0.5) is 4.39 Å². The fourth-order valence-electron chi connectivity index (χ4n) is 1.64. The van der Waals surface area contributed by atoms with Crippen molar-refractivity contribution in [1.29, 1.82) is 0 Å². The highest BCUT2D eigenvalue weighted by Gasteiger charge is 2.07. The molecule has 0 aromatic rings. The molecule has 1 rings (SSSR count). The summed E-state index contributed by atoms with van der Waals surface area (Å²) in [5.41, 5.74) is 2.37. The van der Waals surface area contributed by atoms with Gasteiger partial charge in [0.05, 0.1) is 6.61 Å². The third-order valence-corrected chi connectivity index (χ3v) is 2.47. The maximum Gasteiger partial charge on any atom is 0.123 e. The summed E-state index contributed by atoms with van der Waals surface area (Å²) in [6.45, 7) is 5.52. The molecule has 1 aliphatic rings. The second-order valence-corrected chi connectivity index (χ2v) is 3.97. The summed E-state index contributed by atoms with van der Waals surface area (Å²) >= 11 is 0. The molecular weight excluding hydrogens is 229 g/mol. The third kappa shape index (κ3) is 4.63. The van der Waals surface area contributed by atoms with Gasteiger partial charge in [0.2, 0.25) is 0 Å². The van der Waals surface area contributed by atoms with E-state index < -0.39 is 0 Å². The largest absolute Gasteiger partial charge is 0.392 e. The smallest absolute Gasteiger partial charge is 0.123 e. The monoisotopic (exact) mass is 247 g/mol. The molecule has 0 atom stereocenters. The first kappa shape index (κ1) is 14.3. The lowest BCUT2D eigenvalue weighted by atomic mass is 9.99. The van der Waals surface area contributed by atoms with E-state index in [1.54, 1.807) is 25.4 Å². The van der Waals surface area contributed by atoms with Crippen LogP contribution in [0.5, 0.6) is 0 Å². The van der Waals surface area contributed by atoms with Crippen molar-refractivity contribution >= 4 is 6.21 Å². The quantitative estimate of drug-likeness (QED) is 0.739. The average Bonchev–Trinajstić information content (AvgIpc) is 2.54. The van der Waals surface area contributed by atoms with Gasteiger partial charge < -0.3 is 5.11 Å². The summed E-state index contributed by atoms with van der Waals surface area (Å²) in [5, 5.41) is 9.25. The van der Waals surface area contributed by atoms with Gasteiger partial charge in [-0.15, -0.1) is 0 Å². The highest BCUT2D eigenvalue weighted by atomic mass is 19.1. The van der Waals surface area contributed by atoms with E-state index in [1.165, 1.54) is 12.2 Å². The van der Waals surface area contributed by atoms with Crippen LogP contribution < -0.4 is 0 Å². The van der Waals surface area contributed by atoms with Crippen LogP contribution in [-0.4, -0.2) is 17.9 Å². The van der Waals surface area contributed by atoms with Gasteiger partial charge in [-0.25, -0.2) is 4.39 Å². The van der Waals surface area contributed by atoms with Crippen molar-refractivity contribution in [2.24, 2.45) is 4.99 Å². The van der Waals surface area contributed by atoms with E-state index >= 15 is 0 Å². The molecule has 1 aliphatic heterocycles. The molecule has 1 heterocycles. The fourth-order valence-corrected chi connectivity index (χ4v) is 1.64. The standard InChI is InChI=1S/C15H18FNO/c1-3-5-15(16)9-12(2)8-13-6-4-7-17-10-14(13)11-18/h3,5-7,9-10,18H,2,4,8,11H2,1H3/b5-3-,15-9+. The molecule has 0 saturated carbocycles.